The van der Waals surface area contributed by atoms with Gasteiger partial charge in [-0.1, -0.05) is 76.6 Å². The van der Waals surface area contributed by atoms with Crippen LogP contribution < -0.4 is 4.74 Å². The van der Waals surface area contributed by atoms with Crippen LogP contribution >= 0.6 is 0 Å². The largest absolute Gasteiger partial charge is 0.494 e. The number of carbonyl (C=O) groups excluding carboxylic acids is 2. The van der Waals surface area contributed by atoms with E-state index in [9.17, 15) is 22.8 Å². The molecule has 0 saturated heterocycles. The van der Waals surface area contributed by atoms with Crippen molar-refractivity contribution in [1.29, 1.82) is 0 Å². The Kier molecular flexibility index (Phi) is 13.0. The molecule has 1 atom stereocenters. The smallest absolute Gasteiger partial charge is 0.425 e. The number of ether oxygens (including phenoxy) is 2. The van der Waals surface area contributed by atoms with Crippen molar-refractivity contribution < 1.29 is 32.2 Å². The predicted molar refractivity (Wildman–Crippen MR) is 156 cm³/mol. The standard InChI is InChI=1S/C33H39F3N2O4/c1-3-5-7-8-9-10-20-41-29-18-16-24(17-19-29)27-22-37-31(38-23-27)25-12-14-26(15-13-25)32(40)42-30(33(34,35)36)21-28(39)11-6-4-2/h12-19,22-23,30H,3-11,20-21H2,1-2H3. The number of unbranched alkanes of at least 4 members (excludes halogenated alkanes) is 6. The molecular formula is C33H39F3N2O4. The summed E-state index contributed by atoms with van der Waals surface area (Å²) in [5.41, 5.74) is 2.26. The summed E-state index contributed by atoms with van der Waals surface area (Å²) in [6, 6.07) is 13.5. The summed E-state index contributed by atoms with van der Waals surface area (Å²) in [5.74, 6) is -0.529. The molecule has 0 bridgehead atoms. The first-order chi connectivity index (χ1) is 20.2. The van der Waals surface area contributed by atoms with Crippen molar-refractivity contribution in [2.24, 2.45) is 0 Å². The maximum Gasteiger partial charge on any atom is 0.425 e. The van der Waals surface area contributed by atoms with Gasteiger partial charge in [0.25, 0.3) is 0 Å². The maximum atomic E-state index is 13.4. The molecule has 0 saturated carbocycles. The fourth-order valence-corrected chi connectivity index (χ4v) is 4.30. The molecule has 0 spiro atoms. The Hall–Kier alpha value is -3.75. The summed E-state index contributed by atoms with van der Waals surface area (Å²) in [7, 11) is 0. The second-order valence-corrected chi connectivity index (χ2v) is 10.3. The van der Waals surface area contributed by atoms with E-state index < -0.39 is 30.5 Å². The summed E-state index contributed by atoms with van der Waals surface area (Å²) in [5, 5.41) is 0. The lowest BCUT2D eigenvalue weighted by Crippen LogP contribution is -2.35. The predicted octanol–water partition coefficient (Wildman–Crippen LogP) is 8.79. The van der Waals surface area contributed by atoms with E-state index in [2.05, 4.69) is 16.9 Å². The summed E-state index contributed by atoms with van der Waals surface area (Å²) in [6.45, 7) is 4.74. The van der Waals surface area contributed by atoms with Crippen LogP contribution in [0.5, 0.6) is 5.75 Å². The highest BCUT2D eigenvalue weighted by atomic mass is 19.4. The molecule has 0 aliphatic rings. The molecule has 3 rings (SSSR count). The van der Waals surface area contributed by atoms with E-state index in [-0.39, 0.29) is 12.0 Å². The number of aromatic nitrogens is 2. The zero-order valence-corrected chi connectivity index (χ0v) is 24.3. The molecular weight excluding hydrogens is 545 g/mol. The number of esters is 1. The molecule has 226 valence electrons. The lowest BCUT2D eigenvalue weighted by molar-refractivity contribution is -0.206. The minimum atomic E-state index is -4.84. The molecule has 3 aromatic rings. The Balaban J connectivity index is 1.55. The number of ketones is 1. The van der Waals surface area contributed by atoms with Gasteiger partial charge in [0, 0.05) is 29.9 Å². The van der Waals surface area contributed by atoms with Crippen LogP contribution in [0.2, 0.25) is 0 Å². The Morgan fingerprint density at radius 1 is 0.762 bits per heavy atom. The van der Waals surface area contributed by atoms with E-state index in [1.54, 1.807) is 12.4 Å². The topological polar surface area (TPSA) is 78.4 Å². The first-order valence-corrected chi connectivity index (χ1v) is 14.7. The summed E-state index contributed by atoms with van der Waals surface area (Å²) in [6.07, 6.45) is 3.61. The summed E-state index contributed by atoms with van der Waals surface area (Å²) in [4.78, 5) is 33.1. The minimum Gasteiger partial charge on any atom is -0.494 e. The molecule has 2 aromatic carbocycles. The second kappa shape index (κ2) is 16.6. The number of hydrogen-bond acceptors (Lipinski definition) is 6. The highest BCUT2D eigenvalue weighted by Crippen LogP contribution is 2.28. The van der Waals surface area contributed by atoms with E-state index in [4.69, 9.17) is 9.47 Å². The number of Topliss-reactive ketones (excluding diaryl/α,β-unsaturated/α-hetero) is 1. The highest BCUT2D eigenvalue weighted by Gasteiger charge is 2.44. The molecule has 6 nitrogen and oxygen atoms in total. The van der Waals surface area contributed by atoms with E-state index in [1.807, 2.05) is 31.2 Å². The fraction of sp³-hybridized carbons (Fsp3) is 0.455. The van der Waals surface area contributed by atoms with Crippen LogP contribution in [0.25, 0.3) is 22.5 Å². The average molecular weight is 585 g/mol. The monoisotopic (exact) mass is 584 g/mol. The van der Waals surface area contributed by atoms with Gasteiger partial charge in [0.15, 0.2) is 5.82 Å². The van der Waals surface area contributed by atoms with Gasteiger partial charge in [-0.25, -0.2) is 14.8 Å². The normalized spacial score (nSPS) is 12.1. The molecule has 0 fully saturated rings. The van der Waals surface area contributed by atoms with Gasteiger partial charge in [-0.2, -0.15) is 13.2 Å². The number of halogens is 3. The summed E-state index contributed by atoms with van der Waals surface area (Å²) >= 11 is 0. The molecule has 0 aliphatic heterocycles. The minimum absolute atomic E-state index is 0.0210. The first-order valence-electron chi connectivity index (χ1n) is 14.7. The van der Waals surface area contributed by atoms with Crippen LogP contribution in [0.1, 0.15) is 88.4 Å². The third kappa shape index (κ3) is 10.6. The van der Waals surface area contributed by atoms with Gasteiger partial charge in [0.1, 0.15) is 11.5 Å². The van der Waals surface area contributed by atoms with Crippen molar-refractivity contribution >= 4 is 11.8 Å². The molecule has 42 heavy (non-hydrogen) atoms. The van der Waals surface area contributed by atoms with Crippen molar-refractivity contribution in [3.63, 3.8) is 0 Å². The van der Waals surface area contributed by atoms with Gasteiger partial charge in [-0.15, -0.1) is 0 Å². The van der Waals surface area contributed by atoms with Gasteiger partial charge in [-0.3, -0.25) is 4.79 Å². The van der Waals surface area contributed by atoms with Crippen molar-refractivity contribution in [1.82, 2.24) is 9.97 Å². The highest BCUT2D eigenvalue weighted by molar-refractivity contribution is 5.90. The average Bonchev–Trinajstić information content (AvgIpc) is 2.99. The van der Waals surface area contributed by atoms with Crippen LogP contribution in [0.3, 0.4) is 0 Å². The Labute approximate surface area is 245 Å². The van der Waals surface area contributed by atoms with E-state index in [0.29, 0.717) is 30.8 Å². The molecule has 1 unspecified atom stereocenters. The SMILES string of the molecule is CCCCCCCCOc1ccc(-c2cnc(-c3ccc(C(=O)OC(CC(=O)CCCC)C(F)(F)F)cc3)nc2)cc1. The fourth-order valence-electron chi connectivity index (χ4n) is 4.30. The number of alkyl halides is 3. The van der Waals surface area contributed by atoms with Crippen LogP contribution in [0, 0.1) is 0 Å². The number of hydrogen-bond donors (Lipinski definition) is 0. The Morgan fingerprint density at radius 3 is 1.98 bits per heavy atom. The lowest BCUT2D eigenvalue weighted by Gasteiger charge is -2.20. The molecule has 1 heterocycles. The molecule has 0 aliphatic carbocycles. The van der Waals surface area contributed by atoms with Gasteiger partial charge in [-0.05, 0) is 42.7 Å². The molecule has 0 radical (unpaired) electrons. The third-order valence-corrected chi connectivity index (χ3v) is 6.82. The van der Waals surface area contributed by atoms with Crippen molar-refractivity contribution in [2.75, 3.05) is 6.61 Å². The van der Waals surface area contributed by atoms with Crippen molar-refractivity contribution in [3.05, 3.63) is 66.5 Å². The third-order valence-electron chi connectivity index (χ3n) is 6.82. The molecule has 1 aromatic heterocycles. The quantitative estimate of drug-likeness (QED) is 0.117. The Bertz CT molecular complexity index is 1240. The maximum absolute atomic E-state index is 13.4. The molecule has 0 amide bonds. The zero-order valence-electron chi connectivity index (χ0n) is 24.3. The molecule has 9 heteroatoms. The zero-order chi connectivity index (χ0) is 30.4. The van der Waals surface area contributed by atoms with Gasteiger partial charge >= 0.3 is 12.1 Å². The number of nitrogens with zero attached hydrogens (tertiary/aromatic N) is 2. The summed E-state index contributed by atoms with van der Waals surface area (Å²) < 4.78 is 50.7. The van der Waals surface area contributed by atoms with Crippen LogP contribution in [0.4, 0.5) is 13.2 Å². The number of rotatable bonds is 17. The van der Waals surface area contributed by atoms with E-state index in [0.717, 1.165) is 23.3 Å². The van der Waals surface area contributed by atoms with Crippen LogP contribution in [-0.2, 0) is 9.53 Å². The first kappa shape index (κ1) is 32.8. The van der Waals surface area contributed by atoms with Gasteiger partial charge < -0.3 is 9.47 Å². The van der Waals surface area contributed by atoms with Crippen LogP contribution in [0.15, 0.2) is 60.9 Å². The second-order valence-electron chi connectivity index (χ2n) is 10.3. The van der Waals surface area contributed by atoms with Crippen LogP contribution in [-0.4, -0.2) is 40.6 Å². The Morgan fingerprint density at radius 2 is 1.36 bits per heavy atom. The van der Waals surface area contributed by atoms with Crippen molar-refractivity contribution in [3.8, 4) is 28.3 Å². The lowest BCUT2D eigenvalue weighted by atomic mass is 10.1. The van der Waals surface area contributed by atoms with E-state index >= 15 is 0 Å². The number of benzene rings is 2. The van der Waals surface area contributed by atoms with Gasteiger partial charge in [0.05, 0.1) is 18.6 Å². The number of carbonyl (C=O) groups is 2. The van der Waals surface area contributed by atoms with E-state index in [1.165, 1.54) is 56.4 Å². The molecule has 0 N–H and O–H groups in total. The van der Waals surface area contributed by atoms with Crippen molar-refractivity contribution in [2.45, 2.75) is 90.3 Å². The van der Waals surface area contributed by atoms with Gasteiger partial charge in [0.2, 0.25) is 6.10 Å².